The number of nitrogens with zero attached hydrogens (tertiary/aromatic N) is 1. The summed E-state index contributed by atoms with van der Waals surface area (Å²) in [7, 11) is -3.73. The van der Waals surface area contributed by atoms with Gasteiger partial charge in [0.2, 0.25) is 0 Å². The SMILES string of the molecule is Cc1cc(NS(=O)(=O)c2cc(Br)ccc2Br)ncc1N. The molecule has 1 aromatic heterocycles. The molecule has 0 amide bonds. The van der Waals surface area contributed by atoms with Crippen LogP contribution >= 0.6 is 31.9 Å². The van der Waals surface area contributed by atoms with Crippen molar-refractivity contribution in [3.05, 3.63) is 45.0 Å². The number of nitrogens with two attached hydrogens (primary N) is 1. The molecular formula is C12H11Br2N3O2S. The van der Waals surface area contributed by atoms with Gasteiger partial charge in [-0.1, -0.05) is 15.9 Å². The molecule has 0 bridgehead atoms. The van der Waals surface area contributed by atoms with Crippen LogP contribution in [-0.2, 0) is 10.0 Å². The van der Waals surface area contributed by atoms with E-state index in [9.17, 15) is 8.42 Å². The summed E-state index contributed by atoms with van der Waals surface area (Å²) in [4.78, 5) is 4.09. The van der Waals surface area contributed by atoms with Crippen molar-refractivity contribution in [3.63, 3.8) is 0 Å². The summed E-state index contributed by atoms with van der Waals surface area (Å²) < 4.78 is 28.2. The molecule has 0 saturated heterocycles. The largest absolute Gasteiger partial charge is 0.397 e. The van der Waals surface area contributed by atoms with Gasteiger partial charge in [-0.15, -0.1) is 0 Å². The highest BCUT2D eigenvalue weighted by atomic mass is 79.9. The minimum atomic E-state index is -3.73. The van der Waals surface area contributed by atoms with Gasteiger partial charge in [0, 0.05) is 8.95 Å². The van der Waals surface area contributed by atoms with Crippen molar-refractivity contribution in [2.45, 2.75) is 11.8 Å². The summed E-state index contributed by atoms with van der Waals surface area (Å²) in [6, 6.07) is 6.49. The van der Waals surface area contributed by atoms with E-state index in [1.807, 2.05) is 0 Å². The van der Waals surface area contributed by atoms with E-state index in [0.29, 0.717) is 14.6 Å². The molecule has 20 heavy (non-hydrogen) atoms. The van der Waals surface area contributed by atoms with Gasteiger partial charge >= 0.3 is 0 Å². The molecule has 0 aliphatic heterocycles. The molecule has 0 aliphatic rings. The number of anilines is 2. The maximum Gasteiger partial charge on any atom is 0.264 e. The highest BCUT2D eigenvalue weighted by Gasteiger charge is 2.19. The Hall–Kier alpha value is -1.12. The number of nitrogen functional groups attached to an aromatic ring is 1. The quantitative estimate of drug-likeness (QED) is 0.797. The van der Waals surface area contributed by atoms with Gasteiger partial charge in [-0.25, -0.2) is 13.4 Å². The number of aromatic nitrogens is 1. The lowest BCUT2D eigenvalue weighted by Crippen LogP contribution is -2.15. The first-order valence-corrected chi connectivity index (χ1v) is 8.56. The number of sulfonamides is 1. The molecule has 8 heteroatoms. The second-order valence-electron chi connectivity index (χ2n) is 4.11. The smallest absolute Gasteiger partial charge is 0.264 e. The zero-order chi connectivity index (χ0) is 14.9. The Morgan fingerprint density at radius 1 is 1.25 bits per heavy atom. The Morgan fingerprint density at radius 3 is 2.60 bits per heavy atom. The fraction of sp³-hybridized carbons (Fsp3) is 0.0833. The van der Waals surface area contributed by atoms with E-state index in [1.54, 1.807) is 25.1 Å². The number of benzene rings is 1. The summed E-state index contributed by atoms with van der Waals surface area (Å²) in [5, 5.41) is 0. The number of aryl methyl sites for hydroxylation is 1. The Kier molecular flexibility index (Phi) is 4.36. The van der Waals surface area contributed by atoms with Gasteiger partial charge in [-0.2, -0.15) is 0 Å². The van der Waals surface area contributed by atoms with Crippen LogP contribution in [0.25, 0.3) is 0 Å². The topological polar surface area (TPSA) is 85.1 Å². The van der Waals surface area contributed by atoms with Crippen molar-refractivity contribution in [1.29, 1.82) is 0 Å². The maximum atomic E-state index is 12.3. The molecule has 2 aromatic rings. The van der Waals surface area contributed by atoms with Gasteiger partial charge in [0.15, 0.2) is 0 Å². The van der Waals surface area contributed by atoms with Crippen LogP contribution in [0.5, 0.6) is 0 Å². The van der Waals surface area contributed by atoms with Crippen LogP contribution in [0.4, 0.5) is 11.5 Å². The first-order chi connectivity index (χ1) is 9.29. The molecular weight excluding hydrogens is 410 g/mol. The van der Waals surface area contributed by atoms with Crippen LogP contribution in [0, 0.1) is 6.92 Å². The normalized spacial score (nSPS) is 11.3. The van der Waals surface area contributed by atoms with E-state index >= 15 is 0 Å². The van der Waals surface area contributed by atoms with Crippen molar-refractivity contribution >= 4 is 53.4 Å². The van der Waals surface area contributed by atoms with Crippen LogP contribution in [0.3, 0.4) is 0 Å². The van der Waals surface area contributed by atoms with E-state index in [2.05, 4.69) is 41.6 Å². The molecule has 3 N–H and O–H groups in total. The number of rotatable bonds is 3. The predicted octanol–water partition coefficient (Wildman–Crippen LogP) is 3.30. The van der Waals surface area contributed by atoms with Crippen molar-refractivity contribution in [2.24, 2.45) is 0 Å². The molecule has 0 spiro atoms. The lowest BCUT2D eigenvalue weighted by atomic mass is 10.2. The minimum absolute atomic E-state index is 0.128. The van der Waals surface area contributed by atoms with Crippen LogP contribution in [0.1, 0.15) is 5.56 Å². The molecule has 0 saturated carbocycles. The van der Waals surface area contributed by atoms with Gasteiger partial charge in [0.1, 0.15) is 10.7 Å². The molecule has 0 atom stereocenters. The molecule has 5 nitrogen and oxygen atoms in total. The van der Waals surface area contributed by atoms with E-state index in [-0.39, 0.29) is 10.7 Å². The fourth-order valence-corrected chi connectivity index (χ4v) is 4.00. The molecule has 1 heterocycles. The number of hydrogen-bond donors (Lipinski definition) is 2. The molecule has 0 radical (unpaired) electrons. The molecule has 0 unspecified atom stereocenters. The Labute approximate surface area is 133 Å². The van der Waals surface area contributed by atoms with E-state index < -0.39 is 10.0 Å². The Balaban J connectivity index is 2.40. The third-order valence-electron chi connectivity index (χ3n) is 2.57. The average Bonchev–Trinajstić information content (AvgIpc) is 2.36. The third-order valence-corrected chi connectivity index (χ3v) is 5.41. The second-order valence-corrected chi connectivity index (χ2v) is 7.53. The minimum Gasteiger partial charge on any atom is -0.397 e. The molecule has 2 rings (SSSR count). The highest BCUT2D eigenvalue weighted by Crippen LogP contribution is 2.27. The number of hydrogen-bond acceptors (Lipinski definition) is 4. The lowest BCUT2D eigenvalue weighted by Gasteiger charge is -2.10. The van der Waals surface area contributed by atoms with Crippen LogP contribution < -0.4 is 10.5 Å². The first-order valence-electron chi connectivity index (χ1n) is 5.49. The van der Waals surface area contributed by atoms with E-state index in [0.717, 1.165) is 5.56 Å². The predicted molar refractivity (Wildman–Crippen MR) is 86.0 cm³/mol. The second kappa shape index (κ2) is 5.71. The number of nitrogens with one attached hydrogen (secondary N) is 1. The monoisotopic (exact) mass is 419 g/mol. The van der Waals surface area contributed by atoms with Gasteiger partial charge in [0.05, 0.1) is 11.9 Å². The van der Waals surface area contributed by atoms with Crippen LogP contribution in [0.2, 0.25) is 0 Å². The van der Waals surface area contributed by atoms with E-state index in [1.165, 1.54) is 12.3 Å². The zero-order valence-electron chi connectivity index (χ0n) is 10.4. The third kappa shape index (κ3) is 3.31. The van der Waals surface area contributed by atoms with Gasteiger partial charge in [0.25, 0.3) is 10.0 Å². The summed E-state index contributed by atoms with van der Waals surface area (Å²) in [5.41, 5.74) is 6.92. The van der Waals surface area contributed by atoms with Gasteiger partial charge < -0.3 is 5.73 Å². The van der Waals surface area contributed by atoms with Crippen LogP contribution in [-0.4, -0.2) is 13.4 Å². The molecule has 1 aromatic carbocycles. The summed E-state index contributed by atoms with van der Waals surface area (Å²) in [6.07, 6.45) is 1.42. The van der Waals surface area contributed by atoms with Gasteiger partial charge in [-0.05, 0) is 52.7 Å². The van der Waals surface area contributed by atoms with Crippen molar-refractivity contribution in [3.8, 4) is 0 Å². The summed E-state index contributed by atoms with van der Waals surface area (Å²) in [6.45, 7) is 1.78. The first kappa shape index (κ1) is 15.3. The zero-order valence-corrected chi connectivity index (χ0v) is 14.4. The maximum absolute atomic E-state index is 12.3. The lowest BCUT2D eigenvalue weighted by molar-refractivity contribution is 0.600. The van der Waals surface area contributed by atoms with E-state index in [4.69, 9.17) is 5.73 Å². The van der Waals surface area contributed by atoms with Crippen molar-refractivity contribution in [1.82, 2.24) is 4.98 Å². The molecule has 106 valence electrons. The Morgan fingerprint density at radius 2 is 1.95 bits per heavy atom. The van der Waals surface area contributed by atoms with Gasteiger partial charge in [-0.3, -0.25) is 4.72 Å². The van der Waals surface area contributed by atoms with Crippen molar-refractivity contribution in [2.75, 3.05) is 10.5 Å². The standard InChI is InChI=1S/C12H11Br2N3O2S/c1-7-4-12(16-6-10(7)15)17-20(18,19)11-5-8(13)2-3-9(11)14/h2-6H,15H2,1H3,(H,16,17). The molecule has 0 aliphatic carbocycles. The number of pyridine rings is 1. The highest BCUT2D eigenvalue weighted by molar-refractivity contribution is 9.11. The van der Waals surface area contributed by atoms with Crippen LogP contribution in [0.15, 0.2) is 44.3 Å². The molecule has 0 fully saturated rings. The summed E-state index contributed by atoms with van der Waals surface area (Å²) in [5.74, 6) is 0.226. The number of halogens is 2. The Bertz CT molecular complexity index is 763. The van der Waals surface area contributed by atoms with Crippen molar-refractivity contribution < 1.29 is 8.42 Å². The average molecular weight is 421 g/mol. The summed E-state index contributed by atoms with van der Waals surface area (Å²) >= 11 is 6.48. The fourth-order valence-electron chi connectivity index (χ4n) is 1.50.